The lowest BCUT2D eigenvalue weighted by molar-refractivity contribution is -0.144. The second-order valence-corrected chi connectivity index (χ2v) is 12.0. The van der Waals surface area contributed by atoms with E-state index in [0.717, 1.165) is 17.9 Å². The van der Waals surface area contributed by atoms with Crippen LogP contribution in [-0.4, -0.2) is 50.5 Å². The first-order valence-electron chi connectivity index (χ1n) is 10.4. The Kier molecular flexibility index (Phi) is 7.19. The van der Waals surface area contributed by atoms with E-state index in [1.54, 1.807) is 23.5 Å². The van der Waals surface area contributed by atoms with Gasteiger partial charge in [0.05, 0.1) is 40.0 Å². The van der Waals surface area contributed by atoms with Gasteiger partial charge in [0, 0.05) is 15.7 Å². The van der Waals surface area contributed by atoms with Gasteiger partial charge in [-0.1, -0.05) is 0 Å². The highest BCUT2D eigenvalue weighted by Crippen LogP contribution is 2.61. The number of carbonyl (C=O) groups excluding carboxylic acids is 1. The fourth-order valence-corrected chi connectivity index (χ4v) is 9.41. The highest BCUT2D eigenvalue weighted by Gasteiger charge is 2.56. The largest absolute Gasteiger partial charge is 0.493 e. The van der Waals surface area contributed by atoms with Gasteiger partial charge in [-0.25, -0.2) is 0 Å². The number of thiophene rings is 1. The molecular weight excluding hydrogens is 468 g/mol. The Morgan fingerprint density at radius 3 is 2.28 bits per heavy atom. The number of methoxy groups -OCH3 is 3. The van der Waals surface area contributed by atoms with Crippen molar-refractivity contribution >= 4 is 40.8 Å². The summed E-state index contributed by atoms with van der Waals surface area (Å²) in [4.78, 5) is 15.4. The summed E-state index contributed by atoms with van der Waals surface area (Å²) in [5.74, 6) is 2.12. The molecule has 4 rings (SSSR count). The number of cyclic esters (lactones) is 1. The highest BCUT2D eigenvalue weighted by molar-refractivity contribution is 8.18. The number of benzene rings is 1. The van der Waals surface area contributed by atoms with Crippen molar-refractivity contribution in [3.63, 3.8) is 0 Å². The molecule has 0 spiro atoms. The number of thioether (sulfide) groups is 2. The van der Waals surface area contributed by atoms with E-state index in [1.165, 1.54) is 31.1 Å². The molecule has 0 saturated carbocycles. The van der Waals surface area contributed by atoms with Crippen LogP contribution < -0.4 is 14.2 Å². The molecule has 1 aromatic heterocycles. The van der Waals surface area contributed by atoms with E-state index in [9.17, 15) is 9.90 Å². The number of hydrogen-bond acceptors (Lipinski definition) is 9. The Hall–Kier alpha value is -1.55. The molecule has 0 bridgehead atoms. The lowest BCUT2D eigenvalue weighted by Gasteiger charge is -2.42. The lowest BCUT2D eigenvalue weighted by Crippen LogP contribution is -2.38. The fourth-order valence-electron chi connectivity index (χ4n) is 4.42. The SMILES string of the molecule is COc1cc([C@@H](O)[C@@H]2C(=O)OC[C@H]2C2(c3ccc(C)s3)SCCCS2)cc(OC)c1OC. The molecule has 6 nitrogen and oxygen atoms in total. The average Bonchev–Trinajstić information content (AvgIpc) is 3.44. The number of aliphatic hydroxyl groups excluding tert-OH is 1. The third-order valence-electron chi connectivity index (χ3n) is 5.97. The van der Waals surface area contributed by atoms with E-state index >= 15 is 0 Å². The molecule has 1 aromatic carbocycles. The maximum atomic E-state index is 13.0. The van der Waals surface area contributed by atoms with Gasteiger partial charge >= 0.3 is 5.97 Å². The number of rotatable bonds is 7. The minimum absolute atomic E-state index is 0.169. The van der Waals surface area contributed by atoms with Gasteiger partial charge in [-0.2, -0.15) is 0 Å². The summed E-state index contributed by atoms with van der Waals surface area (Å²) >= 11 is 5.51. The van der Waals surface area contributed by atoms with E-state index in [4.69, 9.17) is 18.9 Å². The quantitative estimate of drug-likeness (QED) is 0.557. The molecule has 0 amide bonds. The molecule has 2 aliphatic heterocycles. The van der Waals surface area contributed by atoms with E-state index < -0.39 is 12.0 Å². The van der Waals surface area contributed by atoms with Crippen molar-refractivity contribution in [2.24, 2.45) is 11.8 Å². The summed E-state index contributed by atoms with van der Waals surface area (Å²) < 4.78 is 21.6. The first-order chi connectivity index (χ1) is 15.4. The zero-order valence-electron chi connectivity index (χ0n) is 18.6. The molecule has 174 valence electrons. The molecule has 32 heavy (non-hydrogen) atoms. The molecule has 0 radical (unpaired) electrons. The molecule has 2 fully saturated rings. The van der Waals surface area contributed by atoms with Gasteiger partial charge in [0.1, 0.15) is 4.08 Å². The van der Waals surface area contributed by atoms with Crippen LogP contribution in [0.4, 0.5) is 0 Å². The van der Waals surface area contributed by atoms with Crippen molar-refractivity contribution in [1.29, 1.82) is 0 Å². The molecule has 2 saturated heterocycles. The summed E-state index contributed by atoms with van der Waals surface area (Å²) in [6.45, 7) is 2.39. The van der Waals surface area contributed by atoms with E-state index in [1.807, 2.05) is 23.5 Å². The van der Waals surface area contributed by atoms with Gasteiger partial charge in [-0.3, -0.25) is 4.79 Å². The van der Waals surface area contributed by atoms with Crippen molar-refractivity contribution in [2.75, 3.05) is 39.4 Å². The molecular formula is C23H28O6S3. The predicted octanol–water partition coefficient (Wildman–Crippen LogP) is 4.63. The van der Waals surface area contributed by atoms with Crippen LogP contribution in [0, 0.1) is 18.8 Å². The Labute approximate surface area is 201 Å². The summed E-state index contributed by atoms with van der Waals surface area (Å²) in [5, 5.41) is 11.5. The zero-order chi connectivity index (χ0) is 22.9. The van der Waals surface area contributed by atoms with Crippen LogP contribution in [0.15, 0.2) is 24.3 Å². The van der Waals surface area contributed by atoms with E-state index in [2.05, 4.69) is 19.1 Å². The smallest absolute Gasteiger partial charge is 0.312 e. The summed E-state index contributed by atoms with van der Waals surface area (Å²) in [6.07, 6.45) is 0.0630. The first-order valence-corrected chi connectivity index (χ1v) is 13.2. The topological polar surface area (TPSA) is 74.2 Å². The first kappa shape index (κ1) is 23.6. The number of hydrogen-bond donors (Lipinski definition) is 1. The van der Waals surface area contributed by atoms with Crippen molar-refractivity contribution in [1.82, 2.24) is 0 Å². The second kappa shape index (κ2) is 9.75. The van der Waals surface area contributed by atoms with Crippen LogP contribution in [0.5, 0.6) is 17.2 Å². The van der Waals surface area contributed by atoms with Crippen LogP contribution in [0.25, 0.3) is 0 Å². The van der Waals surface area contributed by atoms with Gasteiger partial charge < -0.3 is 24.1 Å². The van der Waals surface area contributed by atoms with Gasteiger partial charge in [0.25, 0.3) is 0 Å². The van der Waals surface area contributed by atoms with Gasteiger partial charge in [-0.05, 0) is 54.7 Å². The number of carbonyl (C=O) groups is 1. The Balaban J connectivity index is 1.75. The number of esters is 1. The maximum absolute atomic E-state index is 13.0. The second-order valence-electron chi connectivity index (χ2n) is 7.79. The summed E-state index contributed by atoms with van der Waals surface area (Å²) in [7, 11) is 4.60. The minimum atomic E-state index is -1.07. The minimum Gasteiger partial charge on any atom is -0.493 e. The van der Waals surface area contributed by atoms with E-state index in [0.29, 0.717) is 29.4 Å². The van der Waals surface area contributed by atoms with Crippen molar-refractivity contribution in [2.45, 2.75) is 23.5 Å². The number of ether oxygens (including phenoxy) is 4. The van der Waals surface area contributed by atoms with E-state index in [-0.39, 0.29) is 16.0 Å². The monoisotopic (exact) mass is 496 g/mol. The molecule has 0 aliphatic carbocycles. The van der Waals surface area contributed by atoms with Gasteiger partial charge in [0.15, 0.2) is 11.5 Å². The van der Waals surface area contributed by atoms with Crippen LogP contribution >= 0.6 is 34.9 Å². The molecule has 0 unspecified atom stereocenters. The Morgan fingerprint density at radius 2 is 1.75 bits per heavy atom. The summed E-state index contributed by atoms with van der Waals surface area (Å²) in [6, 6.07) is 7.70. The van der Waals surface area contributed by atoms with Gasteiger partial charge in [0.2, 0.25) is 5.75 Å². The van der Waals surface area contributed by atoms with Crippen LogP contribution in [0.1, 0.15) is 27.8 Å². The molecule has 3 atom stereocenters. The molecule has 9 heteroatoms. The zero-order valence-corrected chi connectivity index (χ0v) is 21.0. The van der Waals surface area contributed by atoms with Gasteiger partial charge in [-0.15, -0.1) is 34.9 Å². The van der Waals surface area contributed by atoms with Crippen LogP contribution in [0.2, 0.25) is 0 Å². The van der Waals surface area contributed by atoms with Crippen molar-refractivity contribution in [3.05, 3.63) is 39.6 Å². The highest BCUT2D eigenvalue weighted by atomic mass is 32.2. The Bertz CT molecular complexity index is 943. The molecule has 3 heterocycles. The Morgan fingerprint density at radius 1 is 1.09 bits per heavy atom. The molecule has 2 aliphatic rings. The lowest BCUT2D eigenvalue weighted by atomic mass is 9.83. The third-order valence-corrected chi connectivity index (χ3v) is 11.0. The molecule has 1 N–H and O–H groups in total. The van der Waals surface area contributed by atoms with Crippen molar-refractivity contribution < 1.29 is 28.8 Å². The van der Waals surface area contributed by atoms with Crippen LogP contribution in [0.3, 0.4) is 0 Å². The number of aryl methyl sites for hydroxylation is 1. The normalized spacial score (nSPS) is 23.5. The van der Waals surface area contributed by atoms with Crippen LogP contribution in [-0.2, 0) is 13.6 Å². The summed E-state index contributed by atoms with van der Waals surface area (Å²) in [5.41, 5.74) is 0.539. The third kappa shape index (κ3) is 4.08. The average molecular weight is 497 g/mol. The predicted molar refractivity (Wildman–Crippen MR) is 129 cm³/mol. The standard InChI is InChI=1S/C23H28O6S3/c1-13-6-7-18(32-13)23(30-8-5-9-31-23)15-12-29-22(25)19(15)20(24)14-10-16(26-2)21(28-4)17(11-14)27-3/h6-7,10-11,15,19-20,24H,5,8-9,12H2,1-4H3/t15-,19-,20-/m1/s1. The van der Waals surface area contributed by atoms with Crippen molar-refractivity contribution in [3.8, 4) is 17.2 Å². The molecule has 2 aromatic rings. The fraction of sp³-hybridized carbons (Fsp3) is 0.522. The number of aliphatic hydroxyl groups is 1. The maximum Gasteiger partial charge on any atom is 0.312 e.